The molecule has 0 saturated carbocycles. The number of unbranched alkanes of at least 4 members (excludes halogenated alkanes) is 1. The number of aryl methyl sites for hydroxylation is 1. The molecule has 0 bridgehead atoms. The third-order valence-electron chi connectivity index (χ3n) is 5.46. The highest BCUT2D eigenvalue weighted by Crippen LogP contribution is 2.06. The summed E-state index contributed by atoms with van der Waals surface area (Å²) in [5.74, 6) is 1.54. The smallest absolute Gasteiger partial charge is 0.191 e. The number of guanidine groups is 1. The molecule has 1 aliphatic heterocycles. The van der Waals surface area contributed by atoms with Gasteiger partial charge in [-0.3, -0.25) is 0 Å². The van der Waals surface area contributed by atoms with E-state index in [1.807, 2.05) is 0 Å². The van der Waals surface area contributed by atoms with Gasteiger partial charge in [0.25, 0.3) is 0 Å². The molecule has 0 spiro atoms. The minimum atomic E-state index is 0. The van der Waals surface area contributed by atoms with Crippen LogP contribution in [0.1, 0.15) is 44.7 Å². The lowest BCUT2D eigenvalue weighted by atomic mass is 10.1. The molecule has 1 aromatic rings. The average molecular weight is 516 g/mol. The van der Waals surface area contributed by atoms with Crippen molar-refractivity contribution in [3.05, 3.63) is 35.4 Å². The summed E-state index contributed by atoms with van der Waals surface area (Å²) in [6.45, 7) is 18.7. The Morgan fingerprint density at radius 3 is 2.31 bits per heavy atom. The third-order valence-corrected chi connectivity index (χ3v) is 5.46. The second kappa shape index (κ2) is 15.0. The fourth-order valence-electron chi connectivity index (χ4n) is 3.49. The largest absolute Gasteiger partial charge is 0.356 e. The van der Waals surface area contributed by atoms with E-state index in [4.69, 9.17) is 4.99 Å². The normalized spacial score (nSPS) is 16.9. The molecule has 0 radical (unpaired) electrons. The lowest BCUT2D eigenvalue weighted by molar-refractivity contribution is 0.124. The van der Waals surface area contributed by atoms with Crippen LogP contribution in [-0.4, -0.2) is 68.1 Å². The lowest BCUT2D eigenvalue weighted by Crippen LogP contribution is -2.48. The van der Waals surface area contributed by atoms with Gasteiger partial charge in [-0.2, -0.15) is 0 Å². The van der Waals surface area contributed by atoms with Crippen LogP contribution >= 0.6 is 24.0 Å². The van der Waals surface area contributed by atoms with E-state index in [1.165, 1.54) is 56.7 Å². The highest BCUT2D eigenvalue weighted by atomic mass is 127. The van der Waals surface area contributed by atoms with Crippen molar-refractivity contribution in [1.29, 1.82) is 0 Å². The molecular formula is C23H42IN5. The van der Waals surface area contributed by atoms with E-state index in [0.29, 0.717) is 5.92 Å². The molecule has 5 nitrogen and oxygen atoms in total. The molecule has 2 rings (SSSR count). The molecule has 1 fully saturated rings. The van der Waals surface area contributed by atoms with Gasteiger partial charge in [0.1, 0.15) is 0 Å². The molecule has 0 aromatic heterocycles. The van der Waals surface area contributed by atoms with E-state index >= 15 is 0 Å². The van der Waals surface area contributed by atoms with Crippen molar-refractivity contribution >= 4 is 29.9 Å². The number of likely N-dealkylation sites (N-methyl/N-ethyl adjacent to an activating group) is 1. The first-order valence-corrected chi connectivity index (χ1v) is 11.1. The topological polar surface area (TPSA) is 42.9 Å². The Morgan fingerprint density at radius 1 is 1.03 bits per heavy atom. The van der Waals surface area contributed by atoms with E-state index in [9.17, 15) is 0 Å². The first-order chi connectivity index (χ1) is 13.6. The summed E-state index contributed by atoms with van der Waals surface area (Å²) in [5, 5.41) is 7.06. The summed E-state index contributed by atoms with van der Waals surface area (Å²) >= 11 is 0. The van der Waals surface area contributed by atoms with Gasteiger partial charge in [0.15, 0.2) is 5.96 Å². The second-order valence-electron chi connectivity index (χ2n) is 8.15. The summed E-state index contributed by atoms with van der Waals surface area (Å²) in [4.78, 5) is 9.95. The van der Waals surface area contributed by atoms with Gasteiger partial charge >= 0.3 is 0 Å². The molecule has 1 aromatic carbocycles. The van der Waals surface area contributed by atoms with Crippen molar-refractivity contribution in [3.8, 4) is 0 Å². The summed E-state index contributed by atoms with van der Waals surface area (Å²) < 4.78 is 0. The zero-order valence-corrected chi connectivity index (χ0v) is 21.2. The molecular weight excluding hydrogens is 473 g/mol. The predicted molar refractivity (Wildman–Crippen MR) is 136 cm³/mol. The maximum atomic E-state index is 4.81. The van der Waals surface area contributed by atoms with Crippen molar-refractivity contribution < 1.29 is 0 Å². The van der Waals surface area contributed by atoms with Crippen LogP contribution in [0.5, 0.6) is 0 Å². The third kappa shape index (κ3) is 10.6. The maximum absolute atomic E-state index is 4.81. The Labute approximate surface area is 195 Å². The number of hydrogen-bond acceptors (Lipinski definition) is 3. The summed E-state index contributed by atoms with van der Waals surface area (Å²) in [6, 6.07) is 8.65. The predicted octanol–water partition coefficient (Wildman–Crippen LogP) is 3.72. The van der Waals surface area contributed by atoms with Gasteiger partial charge in [-0.05, 0) is 31.4 Å². The van der Waals surface area contributed by atoms with Gasteiger partial charge in [-0.25, -0.2) is 4.99 Å². The van der Waals surface area contributed by atoms with Crippen LogP contribution < -0.4 is 10.6 Å². The van der Waals surface area contributed by atoms with E-state index in [-0.39, 0.29) is 24.0 Å². The first kappa shape index (κ1) is 26.2. The standard InChI is InChI=1S/C23H41N5.HI/c1-5-7-12-24-23(26-18-22-10-8-20(3)9-11-22)25-17-21(4)19-28-15-13-27(6-2)14-16-28;/h8-11,21H,5-7,12-19H2,1-4H3,(H2,24,25,26);1H. The summed E-state index contributed by atoms with van der Waals surface area (Å²) in [7, 11) is 0. The minimum absolute atomic E-state index is 0. The highest BCUT2D eigenvalue weighted by Gasteiger charge is 2.17. The van der Waals surface area contributed by atoms with Crippen LogP contribution in [0, 0.1) is 12.8 Å². The zero-order chi connectivity index (χ0) is 20.2. The Balaban J connectivity index is 0.00000420. The number of nitrogens with one attached hydrogen (secondary N) is 2. The molecule has 1 unspecified atom stereocenters. The van der Waals surface area contributed by atoms with Crippen LogP contribution in [0.15, 0.2) is 29.3 Å². The molecule has 29 heavy (non-hydrogen) atoms. The number of halogens is 1. The number of hydrogen-bond donors (Lipinski definition) is 2. The second-order valence-corrected chi connectivity index (χ2v) is 8.15. The van der Waals surface area contributed by atoms with Crippen molar-refractivity contribution in [1.82, 2.24) is 20.4 Å². The number of rotatable bonds is 10. The molecule has 0 amide bonds. The van der Waals surface area contributed by atoms with Crippen molar-refractivity contribution in [2.45, 2.75) is 47.1 Å². The Bertz CT molecular complexity index is 567. The monoisotopic (exact) mass is 515 g/mol. The molecule has 2 N–H and O–H groups in total. The Kier molecular flexibility index (Phi) is 13.6. The summed E-state index contributed by atoms with van der Waals surface area (Å²) in [5.41, 5.74) is 2.55. The Morgan fingerprint density at radius 2 is 1.69 bits per heavy atom. The van der Waals surface area contributed by atoms with Gasteiger partial charge in [0.05, 0.1) is 6.54 Å². The van der Waals surface area contributed by atoms with Crippen LogP contribution in [0.3, 0.4) is 0 Å². The van der Waals surface area contributed by atoms with Gasteiger partial charge in [-0.1, -0.05) is 57.0 Å². The van der Waals surface area contributed by atoms with Crippen LogP contribution in [0.2, 0.25) is 0 Å². The van der Waals surface area contributed by atoms with Crippen LogP contribution in [0.25, 0.3) is 0 Å². The summed E-state index contributed by atoms with van der Waals surface area (Å²) in [6.07, 6.45) is 2.36. The molecule has 166 valence electrons. The first-order valence-electron chi connectivity index (χ1n) is 11.1. The molecule has 6 heteroatoms. The van der Waals surface area contributed by atoms with Gasteiger partial charge < -0.3 is 20.4 Å². The number of nitrogens with zero attached hydrogens (tertiary/aromatic N) is 3. The molecule has 0 aliphatic carbocycles. The van der Waals surface area contributed by atoms with E-state index < -0.39 is 0 Å². The van der Waals surface area contributed by atoms with E-state index in [0.717, 1.165) is 32.1 Å². The number of piperazine rings is 1. The van der Waals surface area contributed by atoms with Gasteiger partial charge in [0, 0.05) is 45.8 Å². The van der Waals surface area contributed by atoms with E-state index in [2.05, 4.69) is 72.4 Å². The van der Waals surface area contributed by atoms with Crippen molar-refractivity contribution in [2.75, 3.05) is 52.4 Å². The highest BCUT2D eigenvalue weighted by molar-refractivity contribution is 14.0. The maximum Gasteiger partial charge on any atom is 0.191 e. The van der Waals surface area contributed by atoms with Gasteiger partial charge in [-0.15, -0.1) is 24.0 Å². The lowest BCUT2D eigenvalue weighted by Gasteiger charge is -2.35. The average Bonchev–Trinajstić information content (AvgIpc) is 2.71. The SMILES string of the molecule is CCCCNC(=NCc1ccc(C)cc1)NCC(C)CN1CCN(CC)CC1.I. The quantitative estimate of drug-likeness (QED) is 0.216. The number of benzene rings is 1. The Hall–Kier alpha value is -0.860. The number of aliphatic imine (C=N–C) groups is 1. The molecule has 1 atom stereocenters. The van der Waals surface area contributed by atoms with Gasteiger partial charge in [0.2, 0.25) is 0 Å². The molecule has 1 aliphatic rings. The molecule has 1 saturated heterocycles. The van der Waals surface area contributed by atoms with Crippen molar-refractivity contribution in [3.63, 3.8) is 0 Å². The van der Waals surface area contributed by atoms with E-state index in [1.54, 1.807) is 0 Å². The zero-order valence-electron chi connectivity index (χ0n) is 18.9. The van der Waals surface area contributed by atoms with Crippen LogP contribution in [0.4, 0.5) is 0 Å². The fraction of sp³-hybridized carbons (Fsp3) is 0.696. The molecule has 1 heterocycles. The minimum Gasteiger partial charge on any atom is -0.356 e. The fourth-order valence-corrected chi connectivity index (χ4v) is 3.49. The van der Waals surface area contributed by atoms with Crippen LogP contribution in [-0.2, 0) is 6.54 Å². The van der Waals surface area contributed by atoms with Crippen molar-refractivity contribution in [2.24, 2.45) is 10.9 Å².